The lowest BCUT2D eigenvalue weighted by molar-refractivity contribution is -0.193. The zero-order valence-electron chi connectivity index (χ0n) is 72.8. The van der Waals surface area contributed by atoms with Crippen LogP contribution in [0.3, 0.4) is 0 Å². The molecule has 0 aromatic carbocycles. The number of esters is 1. The number of aromatic nitrogens is 16. The van der Waals surface area contributed by atoms with Gasteiger partial charge in [0.25, 0.3) is 6.47 Å². The molecule has 12 heterocycles. The SMILES string of the molecule is CCCN(CP(=O)(O)O)P(=O)(O)OC[C@H]1O[C@@H](n2cnc3c(N)ncnc32)CC1O.CCCN(CP(C)(C)=O)P(=O)(O)OC[C@H]1O[C@@H](n2cnc3c(N)ncnc32)CC1O.CCOC(=O)CNCP(=O)(OCC)OCC.Nc1ncnc2c1ncn2[C@H]1CC(O)[C@@H](COP(=O)(O)N(COC=O)CP(=O)(O)O)O1.Nc1ncnc2c1ncn2[C@H]1CC(O)[C@@H](COP(=O)(O)O)O1.O=C=O.O=C=O. The Kier molecular flexibility index (Phi) is 45.2. The maximum Gasteiger partial charge on any atom is 0.469 e. The highest BCUT2D eigenvalue weighted by Crippen LogP contribution is 2.56. The van der Waals surface area contributed by atoms with Gasteiger partial charge in [-0.25, -0.2) is 82.7 Å². The fourth-order valence-corrected chi connectivity index (χ4v) is 22.8. The summed E-state index contributed by atoms with van der Waals surface area (Å²) in [5.41, 5.74) is 26.2. The first-order valence-electron chi connectivity index (χ1n) is 39.7. The molecule has 756 valence electrons. The highest BCUT2D eigenvalue weighted by molar-refractivity contribution is 7.63. The van der Waals surface area contributed by atoms with Gasteiger partial charge in [0.05, 0.1) is 122 Å². The zero-order valence-corrected chi connectivity index (χ0v) is 79.9. The van der Waals surface area contributed by atoms with E-state index in [-0.39, 0.29) is 117 Å². The van der Waals surface area contributed by atoms with E-state index in [4.69, 9.17) is 118 Å². The van der Waals surface area contributed by atoms with Crippen LogP contribution in [0, 0.1) is 0 Å². The third kappa shape index (κ3) is 35.6. The van der Waals surface area contributed by atoms with E-state index in [1.165, 1.54) is 59.9 Å². The van der Waals surface area contributed by atoms with Crippen LogP contribution in [0.1, 0.15) is 98.1 Å². The second-order valence-electron chi connectivity index (χ2n) is 28.9. The first kappa shape index (κ1) is 116. The van der Waals surface area contributed by atoms with E-state index in [9.17, 15) is 81.2 Å². The summed E-state index contributed by atoms with van der Waals surface area (Å²) in [5, 5.41) is 43.6. The number of anilines is 4. The molecule has 0 saturated carbocycles. The average Bonchev–Trinajstić information content (AvgIpc) is 1.65. The number of nitrogens with two attached hydrogens (primary N) is 4. The number of rotatable bonds is 41. The molecule has 135 heavy (non-hydrogen) atoms. The first-order valence-corrected chi connectivity index (χ1v) is 53.9. The number of phosphoric acid groups is 1. The number of carbonyl (C=O) groups excluding carboxylic acids is 6. The smallest absolute Gasteiger partial charge is 0.465 e. The molecule has 12 rings (SSSR count). The van der Waals surface area contributed by atoms with Crippen LogP contribution in [0.25, 0.3) is 44.7 Å². The maximum atomic E-state index is 12.7. The van der Waals surface area contributed by atoms with Crippen LogP contribution >= 0.6 is 61.0 Å². The summed E-state index contributed by atoms with van der Waals surface area (Å²) >= 11 is 0. The molecule has 0 radical (unpaired) electrons. The third-order valence-corrected chi connectivity index (χ3v) is 28.3. The van der Waals surface area contributed by atoms with E-state index < -0.39 is 174 Å². The lowest BCUT2D eigenvalue weighted by atomic mass is 10.2. The van der Waals surface area contributed by atoms with Gasteiger partial charge in [-0.15, -0.1) is 0 Å². The summed E-state index contributed by atoms with van der Waals surface area (Å²) in [7, 11) is -33.2. The number of imidazole rings is 4. The van der Waals surface area contributed by atoms with Gasteiger partial charge < -0.3 is 129 Å². The van der Waals surface area contributed by atoms with Crippen molar-refractivity contribution in [3.05, 3.63) is 50.6 Å². The van der Waals surface area contributed by atoms with E-state index in [0.29, 0.717) is 82.0 Å². The van der Waals surface area contributed by atoms with Crippen molar-refractivity contribution in [3.63, 3.8) is 0 Å². The summed E-state index contributed by atoms with van der Waals surface area (Å²) in [6, 6.07) is 0. The van der Waals surface area contributed by atoms with Crippen molar-refractivity contribution in [2.24, 2.45) is 0 Å². The quantitative estimate of drug-likeness (QED) is 0.0100. The van der Waals surface area contributed by atoms with Crippen molar-refractivity contribution in [2.75, 3.05) is 134 Å². The highest BCUT2D eigenvalue weighted by atomic mass is 31.2. The predicted molar refractivity (Wildman–Crippen MR) is 459 cm³/mol. The van der Waals surface area contributed by atoms with Gasteiger partial charge in [-0.1, -0.05) is 13.8 Å². The van der Waals surface area contributed by atoms with Gasteiger partial charge in [-0.2, -0.15) is 28.5 Å². The normalized spacial score (nSPS) is 22.1. The number of aliphatic hydroxyl groups excluding tert-OH is 4. The van der Waals surface area contributed by atoms with Gasteiger partial charge in [0.1, 0.15) is 109 Å². The van der Waals surface area contributed by atoms with Crippen molar-refractivity contribution >= 4 is 154 Å². The molecule has 7 unspecified atom stereocenters. The predicted octanol–water partition coefficient (Wildman–Crippen LogP) is -0.409. The van der Waals surface area contributed by atoms with E-state index in [1.807, 2.05) is 6.92 Å². The van der Waals surface area contributed by atoms with Gasteiger partial charge in [-0.3, -0.25) is 65.0 Å². The molecule has 22 N–H and O–H groups in total. The van der Waals surface area contributed by atoms with Gasteiger partial charge >= 0.3 is 72.1 Å². The molecular formula is C64H106N24O39P8. The van der Waals surface area contributed by atoms with Crippen LogP contribution in [0.4, 0.5) is 23.3 Å². The molecule has 0 amide bonds. The molecule has 8 aromatic rings. The molecule has 0 spiro atoms. The molecular weight excluding hydrogens is 1980 g/mol. The number of aliphatic hydroxyl groups is 4. The monoisotopic (exact) mass is 2080 g/mol. The Morgan fingerprint density at radius 3 is 1.01 bits per heavy atom. The van der Waals surface area contributed by atoms with Crippen LogP contribution in [-0.2, 0) is 121 Å². The van der Waals surface area contributed by atoms with Crippen molar-refractivity contribution in [3.8, 4) is 0 Å². The number of hydrogen-bond donors (Lipinski definition) is 18. The number of phosphoric ester groups is 1. The van der Waals surface area contributed by atoms with Crippen LogP contribution in [0.2, 0.25) is 0 Å². The summed E-state index contributed by atoms with van der Waals surface area (Å²) in [6.45, 7) is 10.2. The highest BCUT2D eigenvalue weighted by Gasteiger charge is 2.45. The van der Waals surface area contributed by atoms with Crippen LogP contribution < -0.4 is 28.3 Å². The topological polar surface area (TPSA) is 913 Å². The molecule has 4 aliphatic rings. The fraction of sp³-hybridized carbons (Fsp3) is 0.625. The third-order valence-electron chi connectivity index (χ3n) is 18.3. The Balaban J connectivity index is 0.000000259. The number of nitrogens with zero attached hydrogens (tertiary/aromatic N) is 19. The van der Waals surface area contributed by atoms with Crippen molar-refractivity contribution in [1.82, 2.24) is 97.4 Å². The molecule has 0 bridgehead atoms. The Labute approximate surface area is 764 Å². The first-order chi connectivity index (χ1) is 63.3. The van der Waals surface area contributed by atoms with Gasteiger partial charge in [-0.05, 0) is 46.9 Å². The maximum absolute atomic E-state index is 12.7. The number of hydrogen-bond acceptors (Lipinski definition) is 47. The molecule has 4 fully saturated rings. The molecule has 15 atom stereocenters. The van der Waals surface area contributed by atoms with E-state index in [2.05, 4.69) is 74.4 Å². The number of nitrogens with one attached hydrogen (secondary N) is 1. The number of nitrogen functional groups attached to an aromatic ring is 4. The fourth-order valence-electron chi connectivity index (χ4n) is 12.6. The summed E-state index contributed by atoms with van der Waals surface area (Å²) in [5.74, 6) is 0.426. The number of ether oxygens (including phenoxy) is 6. The minimum atomic E-state index is -4.82. The lowest BCUT2D eigenvalue weighted by Crippen LogP contribution is -2.30. The minimum absolute atomic E-state index is 0.00201. The van der Waals surface area contributed by atoms with Crippen molar-refractivity contribution in [1.29, 1.82) is 0 Å². The van der Waals surface area contributed by atoms with Crippen LogP contribution in [0.15, 0.2) is 50.6 Å². The largest absolute Gasteiger partial charge is 0.469 e. The molecule has 8 aromatic heterocycles. The molecule has 0 aliphatic carbocycles. The second-order valence-corrected chi connectivity index (χ2v) is 44.3. The molecule has 71 heteroatoms. The minimum Gasteiger partial charge on any atom is -0.465 e. The van der Waals surface area contributed by atoms with Gasteiger partial charge in [0.15, 0.2) is 52.6 Å². The van der Waals surface area contributed by atoms with Gasteiger partial charge in [0.2, 0.25) is 0 Å². The van der Waals surface area contributed by atoms with Gasteiger partial charge in [0, 0.05) is 38.8 Å². The standard InChI is InChI=1S/C16H28N6O6P2.C14H24N6O8P2.C13H20N6O10P2.C10H14N5O6P.C9H20NO5P.2CO2/c1-4-5-21(10-29(2,3)24)30(25,26)27-7-12-11(23)6-13(28-12)22-9-20-14-15(17)18-8-19-16(14)22;1-2-3-19(8-29(22,23)24)30(25,26)27-5-10-9(21)4-11(28-10)20-7-18-12-13(15)16-6-17-14(12)20;14-12-11-13(16-3-15-12)19(4-17-11)10-1-8(21)9(29-10)2-28-31(25,26)18(5-27-7-20)6-30(22,23)24;11-9-8-10(13-3-12-9)15(4-14-8)7-1-5(16)6(21-7)2-20-22(17,18)19;1-4-13-9(11)7-10-8-16(12,14-5-2)15-6-3;2*2-1-3/h8-9,11-13,23H,4-7,10H2,1-3H3,(H,25,26)(H2,17,18,19);6-7,9-11,21H,2-5,8H2,1H3,(H,25,26)(H2,15,16,17)(H2,22,23,24);3-4,7-10,21H,1-2,5-6H2,(H,25,26)(H2,14,15,16)(H2,22,23,24);3-7,16H,1-2H2,(H2,11,12,13)(H2,17,18,19);10H,4-8H2,1-3H3;;/t11?,12-,13-;9?,10-,11-;8?,9-,10-;5?,6-,7-;;;/m1111.../s1. The van der Waals surface area contributed by atoms with Crippen molar-refractivity contribution < 1.29 is 185 Å². The zero-order chi connectivity index (χ0) is 101. The Morgan fingerprint density at radius 1 is 0.452 bits per heavy atom. The Hall–Kier alpha value is -8.14. The van der Waals surface area contributed by atoms with E-state index >= 15 is 0 Å². The number of carbonyl (C=O) groups is 2. The lowest BCUT2D eigenvalue weighted by Gasteiger charge is -2.28. The Bertz CT molecular complexity index is 5470. The number of fused-ring (bicyclic) bond motifs is 4. The van der Waals surface area contributed by atoms with Crippen LogP contribution in [0.5, 0.6) is 0 Å². The molecule has 63 nitrogen and oxygen atoms in total. The van der Waals surface area contributed by atoms with E-state index in [0.717, 1.165) is 0 Å². The second kappa shape index (κ2) is 52.8. The Morgan fingerprint density at radius 2 is 0.741 bits per heavy atom. The van der Waals surface area contributed by atoms with Crippen LogP contribution in [-0.4, -0.2) is 341 Å². The summed E-state index contributed by atoms with van der Waals surface area (Å²) in [6.07, 6.45) is 0.531. The average molecular weight is 2080 g/mol. The summed E-state index contributed by atoms with van der Waals surface area (Å²) in [4.78, 5) is 187. The molecule has 4 saturated heterocycles. The van der Waals surface area contributed by atoms with Crippen molar-refractivity contribution in [2.45, 2.75) is 147 Å². The summed E-state index contributed by atoms with van der Waals surface area (Å²) < 4.78 is 165. The molecule has 4 aliphatic heterocycles. The van der Waals surface area contributed by atoms with E-state index in [1.54, 1.807) is 54.7 Å².